The van der Waals surface area contributed by atoms with Gasteiger partial charge in [0.25, 0.3) is 0 Å². The molecule has 3 aromatic rings. The molecule has 0 unspecified atom stereocenters. The molecule has 1 aliphatic rings. The number of hydrogen-bond acceptors (Lipinski definition) is 5. The summed E-state index contributed by atoms with van der Waals surface area (Å²) >= 11 is 0. The van der Waals surface area contributed by atoms with Crippen molar-refractivity contribution in [2.24, 2.45) is 0 Å². The Morgan fingerprint density at radius 2 is 1.85 bits per heavy atom. The molecule has 4 rings (SSSR count). The summed E-state index contributed by atoms with van der Waals surface area (Å²) in [6.45, 7) is 2.83. The smallest absolute Gasteiger partial charge is 0.416 e. The Bertz CT molecular complexity index is 1200. The summed E-state index contributed by atoms with van der Waals surface area (Å²) in [5, 5.41) is 3.30. The van der Waals surface area contributed by atoms with Gasteiger partial charge in [-0.2, -0.15) is 13.2 Å². The van der Waals surface area contributed by atoms with Gasteiger partial charge in [-0.3, -0.25) is 10.2 Å². The third kappa shape index (κ3) is 5.73. The molecule has 1 N–H and O–H groups in total. The Morgan fingerprint density at radius 1 is 1.12 bits per heavy atom. The van der Waals surface area contributed by atoms with E-state index in [0.29, 0.717) is 30.4 Å². The Balaban J connectivity index is 1.56. The van der Waals surface area contributed by atoms with Gasteiger partial charge in [0, 0.05) is 42.3 Å². The summed E-state index contributed by atoms with van der Waals surface area (Å²) in [4.78, 5) is 26.0. The minimum Gasteiger partial charge on any atom is -0.450 e. The molecule has 2 aromatic carbocycles. The van der Waals surface area contributed by atoms with Crippen LogP contribution in [-0.4, -0.2) is 23.6 Å². The van der Waals surface area contributed by atoms with Crippen molar-refractivity contribution in [1.29, 1.82) is 0 Å². The van der Waals surface area contributed by atoms with Crippen LogP contribution in [0.1, 0.15) is 36.5 Å². The molecular weight excluding hydrogens is 437 g/mol. The van der Waals surface area contributed by atoms with Crippen molar-refractivity contribution in [1.82, 2.24) is 4.90 Å². The molecule has 1 fully saturated rings. The summed E-state index contributed by atoms with van der Waals surface area (Å²) in [6, 6.07) is 11.9. The number of anilines is 1. The maximum atomic E-state index is 12.9. The summed E-state index contributed by atoms with van der Waals surface area (Å²) in [5.74, 6) is 0. The SMILES string of the molecule is CCOC(=O)Nc1ccc2c(CN(Cc3ccc(C(F)(F)F)cc3)C3CC3)cc(=O)oc2c1. The standard InChI is InChI=1S/C24H23F3N2O4/c1-2-32-23(31)28-18-7-10-20-16(11-22(30)33-21(20)12-18)14-29(19-8-9-19)13-15-3-5-17(6-4-15)24(25,26)27/h3-7,10-12,19H,2,8-9,13-14H2,1H3,(H,28,31). The largest absolute Gasteiger partial charge is 0.450 e. The quantitative estimate of drug-likeness (QED) is 0.469. The Hall–Kier alpha value is -3.33. The van der Waals surface area contributed by atoms with Crippen molar-refractivity contribution in [2.75, 3.05) is 11.9 Å². The molecular formula is C24H23F3N2O4. The molecule has 0 atom stereocenters. The molecule has 6 nitrogen and oxygen atoms in total. The molecule has 9 heteroatoms. The van der Waals surface area contributed by atoms with Crippen LogP contribution in [0.5, 0.6) is 0 Å². The fraction of sp³-hybridized carbons (Fsp3) is 0.333. The average molecular weight is 460 g/mol. The first-order valence-corrected chi connectivity index (χ1v) is 10.6. The van der Waals surface area contributed by atoms with Gasteiger partial charge in [-0.15, -0.1) is 0 Å². The number of carbonyl (C=O) groups is 1. The third-order valence-corrected chi connectivity index (χ3v) is 5.46. The minimum atomic E-state index is -4.37. The van der Waals surface area contributed by atoms with E-state index in [0.717, 1.165) is 41.5 Å². The zero-order valence-corrected chi connectivity index (χ0v) is 17.9. The molecule has 1 saturated carbocycles. The van der Waals surface area contributed by atoms with E-state index in [1.165, 1.54) is 18.2 Å². The number of alkyl halides is 3. The molecule has 1 aromatic heterocycles. The topological polar surface area (TPSA) is 71.8 Å². The number of nitrogens with one attached hydrogen (secondary N) is 1. The molecule has 0 bridgehead atoms. The molecule has 33 heavy (non-hydrogen) atoms. The zero-order valence-electron chi connectivity index (χ0n) is 17.9. The van der Waals surface area contributed by atoms with Gasteiger partial charge >= 0.3 is 17.9 Å². The van der Waals surface area contributed by atoms with E-state index >= 15 is 0 Å². The lowest BCUT2D eigenvalue weighted by Gasteiger charge is -2.23. The van der Waals surface area contributed by atoms with Gasteiger partial charge in [-0.25, -0.2) is 9.59 Å². The summed E-state index contributed by atoms with van der Waals surface area (Å²) in [6.07, 6.45) is -2.99. The lowest BCUT2D eigenvalue weighted by molar-refractivity contribution is -0.137. The highest BCUT2D eigenvalue weighted by atomic mass is 19.4. The predicted octanol–water partition coefficient (Wildman–Crippen LogP) is 5.54. The van der Waals surface area contributed by atoms with Crippen molar-refractivity contribution in [3.05, 3.63) is 75.6 Å². The fourth-order valence-corrected chi connectivity index (χ4v) is 3.73. The first kappa shape index (κ1) is 22.8. The zero-order chi connectivity index (χ0) is 23.6. The molecule has 1 heterocycles. The van der Waals surface area contributed by atoms with Crippen LogP contribution in [0, 0.1) is 0 Å². The van der Waals surface area contributed by atoms with Crippen molar-refractivity contribution >= 4 is 22.7 Å². The van der Waals surface area contributed by atoms with Gasteiger partial charge in [-0.1, -0.05) is 12.1 Å². The van der Waals surface area contributed by atoms with Crippen molar-refractivity contribution < 1.29 is 27.1 Å². The number of rotatable bonds is 7. The van der Waals surface area contributed by atoms with Crippen LogP contribution in [0.2, 0.25) is 0 Å². The van der Waals surface area contributed by atoms with Crippen molar-refractivity contribution in [3.63, 3.8) is 0 Å². The summed E-state index contributed by atoms with van der Waals surface area (Å²) in [7, 11) is 0. The van der Waals surface area contributed by atoms with Crippen LogP contribution >= 0.6 is 0 Å². The Labute approximate surface area is 187 Å². The first-order chi connectivity index (χ1) is 15.7. The van der Waals surface area contributed by atoms with Crippen LogP contribution in [-0.2, 0) is 24.0 Å². The molecule has 1 amide bonds. The maximum absolute atomic E-state index is 12.9. The highest BCUT2D eigenvalue weighted by Gasteiger charge is 2.31. The van der Waals surface area contributed by atoms with Crippen molar-refractivity contribution in [3.8, 4) is 0 Å². The number of fused-ring (bicyclic) bond motifs is 1. The van der Waals surface area contributed by atoms with Crippen molar-refractivity contribution in [2.45, 2.75) is 45.1 Å². The lowest BCUT2D eigenvalue weighted by atomic mass is 10.1. The average Bonchev–Trinajstić information content (AvgIpc) is 3.58. The molecule has 174 valence electrons. The number of nitrogens with zero attached hydrogens (tertiary/aromatic N) is 1. The van der Waals surface area contributed by atoms with E-state index in [4.69, 9.17) is 9.15 Å². The van der Waals surface area contributed by atoms with E-state index in [-0.39, 0.29) is 6.61 Å². The lowest BCUT2D eigenvalue weighted by Crippen LogP contribution is -2.25. The second kappa shape index (κ2) is 9.27. The highest BCUT2D eigenvalue weighted by molar-refractivity contribution is 5.89. The predicted molar refractivity (Wildman–Crippen MR) is 117 cm³/mol. The minimum absolute atomic E-state index is 0.231. The number of benzene rings is 2. The van der Waals surface area contributed by atoms with Gasteiger partial charge in [-0.05, 0) is 55.2 Å². The van der Waals surface area contributed by atoms with Crippen LogP contribution in [0.15, 0.2) is 57.7 Å². The van der Waals surface area contributed by atoms with Crippen LogP contribution in [0.4, 0.5) is 23.7 Å². The molecule has 0 saturated heterocycles. The van der Waals surface area contributed by atoms with E-state index < -0.39 is 23.5 Å². The van der Waals surface area contributed by atoms with Gasteiger partial charge in [0.05, 0.1) is 12.2 Å². The normalized spacial score (nSPS) is 14.0. The monoisotopic (exact) mass is 460 g/mol. The van der Waals surface area contributed by atoms with Gasteiger partial charge < -0.3 is 9.15 Å². The van der Waals surface area contributed by atoms with E-state index in [1.54, 1.807) is 25.1 Å². The number of hydrogen-bond donors (Lipinski definition) is 1. The van der Waals surface area contributed by atoms with Crippen LogP contribution in [0.3, 0.4) is 0 Å². The maximum Gasteiger partial charge on any atom is 0.416 e. The number of ether oxygens (including phenoxy) is 1. The number of halogens is 3. The van der Waals surface area contributed by atoms with E-state index in [1.807, 2.05) is 0 Å². The molecule has 1 aliphatic carbocycles. The number of carbonyl (C=O) groups excluding carboxylic acids is 1. The Kier molecular flexibility index (Phi) is 6.42. The number of amides is 1. The molecule has 0 aliphatic heterocycles. The van der Waals surface area contributed by atoms with Crippen LogP contribution in [0.25, 0.3) is 11.0 Å². The second-order valence-electron chi connectivity index (χ2n) is 7.98. The summed E-state index contributed by atoms with van der Waals surface area (Å²) < 4.78 is 48.8. The van der Waals surface area contributed by atoms with Gasteiger partial charge in [0.1, 0.15) is 5.58 Å². The second-order valence-corrected chi connectivity index (χ2v) is 7.98. The molecule has 0 radical (unpaired) electrons. The summed E-state index contributed by atoms with van der Waals surface area (Å²) in [5.41, 5.74) is 1.09. The third-order valence-electron chi connectivity index (χ3n) is 5.46. The fourth-order valence-electron chi connectivity index (χ4n) is 3.73. The van der Waals surface area contributed by atoms with Gasteiger partial charge in [0.2, 0.25) is 0 Å². The molecule has 0 spiro atoms. The first-order valence-electron chi connectivity index (χ1n) is 10.6. The van der Waals surface area contributed by atoms with Crippen LogP contribution < -0.4 is 10.9 Å². The van der Waals surface area contributed by atoms with Gasteiger partial charge in [0.15, 0.2) is 0 Å². The Morgan fingerprint density at radius 3 is 2.48 bits per heavy atom. The highest BCUT2D eigenvalue weighted by Crippen LogP contribution is 2.33. The van der Waals surface area contributed by atoms with E-state index in [9.17, 15) is 22.8 Å². The van der Waals surface area contributed by atoms with E-state index in [2.05, 4.69) is 10.2 Å².